The van der Waals surface area contributed by atoms with Gasteiger partial charge in [-0.05, 0) is 43.3 Å². The summed E-state index contributed by atoms with van der Waals surface area (Å²) in [5.74, 6) is 2.06. The molecule has 0 atom stereocenters. The van der Waals surface area contributed by atoms with Gasteiger partial charge >= 0.3 is 0 Å². The maximum Gasteiger partial charge on any atom is 0.259 e. The summed E-state index contributed by atoms with van der Waals surface area (Å²) >= 11 is 0. The van der Waals surface area contributed by atoms with Crippen molar-refractivity contribution in [3.8, 4) is 28.6 Å². The number of anilines is 1. The van der Waals surface area contributed by atoms with Crippen LogP contribution in [0.1, 0.15) is 16.1 Å². The predicted octanol–water partition coefficient (Wildman–Crippen LogP) is 4.71. The van der Waals surface area contributed by atoms with Gasteiger partial charge in [-0.15, -0.1) is 0 Å². The van der Waals surface area contributed by atoms with E-state index in [0.717, 1.165) is 11.4 Å². The van der Waals surface area contributed by atoms with Crippen molar-refractivity contribution >= 4 is 11.6 Å². The van der Waals surface area contributed by atoms with Crippen molar-refractivity contribution in [3.05, 3.63) is 78.2 Å². The van der Waals surface area contributed by atoms with Gasteiger partial charge in [0, 0.05) is 18.0 Å². The number of para-hydroxylation sites is 1. The van der Waals surface area contributed by atoms with E-state index in [-0.39, 0.29) is 5.91 Å². The summed E-state index contributed by atoms with van der Waals surface area (Å²) < 4.78 is 18.0. The maximum atomic E-state index is 13.1. The van der Waals surface area contributed by atoms with E-state index in [0.29, 0.717) is 34.2 Å². The van der Waals surface area contributed by atoms with Gasteiger partial charge in [0.15, 0.2) is 17.3 Å². The molecule has 30 heavy (non-hydrogen) atoms. The van der Waals surface area contributed by atoms with E-state index in [4.69, 9.17) is 13.9 Å². The molecule has 0 aliphatic heterocycles. The van der Waals surface area contributed by atoms with Crippen molar-refractivity contribution in [2.24, 2.45) is 0 Å². The zero-order valence-corrected chi connectivity index (χ0v) is 16.9. The molecule has 0 unspecified atom stereocenters. The van der Waals surface area contributed by atoms with Crippen LogP contribution >= 0.6 is 0 Å². The molecule has 1 N–H and O–H groups in total. The number of furan rings is 1. The first-order valence-corrected chi connectivity index (χ1v) is 9.34. The van der Waals surface area contributed by atoms with Gasteiger partial charge in [0.1, 0.15) is 11.5 Å². The molecule has 1 amide bonds. The molecule has 7 heteroatoms. The summed E-state index contributed by atoms with van der Waals surface area (Å²) in [6, 6.07) is 18.4. The number of hydrogen-bond donors (Lipinski definition) is 1. The van der Waals surface area contributed by atoms with Crippen LogP contribution in [-0.4, -0.2) is 29.9 Å². The van der Waals surface area contributed by atoms with Crippen molar-refractivity contribution in [1.82, 2.24) is 9.78 Å². The molecule has 0 fully saturated rings. The van der Waals surface area contributed by atoms with E-state index in [9.17, 15) is 4.79 Å². The molecular formula is C23H21N3O4. The number of aryl methyl sites for hydroxylation is 1. The Balaban J connectivity index is 1.72. The molecule has 0 saturated carbocycles. The lowest BCUT2D eigenvalue weighted by Crippen LogP contribution is -2.12. The van der Waals surface area contributed by atoms with Crippen molar-refractivity contribution in [1.29, 1.82) is 0 Å². The van der Waals surface area contributed by atoms with Crippen LogP contribution in [-0.2, 0) is 0 Å². The molecule has 2 aromatic heterocycles. The van der Waals surface area contributed by atoms with E-state index in [2.05, 4.69) is 10.4 Å². The van der Waals surface area contributed by atoms with Crippen LogP contribution < -0.4 is 14.8 Å². The normalized spacial score (nSPS) is 10.6. The third kappa shape index (κ3) is 3.77. The zero-order valence-electron chi connectivity index (χ0n) is 16.9. The standard InChI is InChI=1S/C23H21N3O4/c1-15-9-11-20(30-15)22-18(14-26(25-22)17-7-5-4-6-8-17)23(27)24-16-10-12-19(28-2)21(13-16)29-3/h4-14H,1-3H3,(H,24,27). The van der Waals surface area contributed by atoms with Crippen LogP contribution in [0, 0.1) is 6.92 Å². The number of aromatic nitrogens is 2. The van der Waals surface area contributed by atoms with E-state index >= 15 is 0 Å². The summed E-state index contributed by atoms with van der Waals surface area (Å²) in [6.45, 7) is 1.85. The Kier molecular flexibility index (Phi) is 5.26. The van der Waals surface area contributed by atoms with E-state index in [1.165, 1.54) is 0 Å². The van der Waals surface area contributed by atoms with E-state index in [1.54, 1.807) is 49.4 Å². The number of hydrogen-bond acceptors (Lipinski definition) is 5. The molecule has 7 nitrogen and oxygen atoms in total. The van der Waals surface area contributed by atoms with Gasteiger partial charge in [0.25, 0.3) is 5.91 Å². The Morgan fingerprint density at radius 2 is 1.77 bits per heavy atom. The topological polar surface area (TPSA) is 78.5 Å². The summed E-state index contributed by atoms with van der Waals surface area (Å²) in [5, 5.41) is 7.50. The fraction of sp³-hybridized carbons (Fsp3) is 0.130. The van der Waals surface area contributed by atoms with Crippen LogP contribution in [0.2, 0.25) is 0 Å². The highest BCUT2D eigenvalue weighted by Gasteiger charge is 2.21. The average molecular weight is 403 g/mol. The van der Waals surface area contributed by atoms with Crippen molar-refractivity contribution in [3.63, 3.8) is 0 Å². The minimum absolute atomic E-state index is 0.312. The number of carbonyl (C=O) groups excluding carboxylic acids is 1. The van der Waals surface area contributed by atoms with Gasteiger partial charge in [-0.2, -0.15) is 5.10 Å². The lowest BCUT2D eigenvalue weighted by atomic mass is 10.2. The highest BCUT2D eigenvalue weighted by atomic mass is 16.5. The average Bonchev–Trinajstić information content (AvgIpc) is 3.40. The third-order valence-electron chi connectivity index (χ3n) is 4.59. The Hall–Kier alpha value is -4.00. The Bertz CT molecular complexity index is 1180. The molecule has 152 valence electrons. The van der Waals surface area contributed by atoms with Gasteiger partial charge < -0.3 is 19.2 Å². The smallest absolute Gasteiger partial charge is 0.259 e. The largest absolute Gasteiger partial charge is 0.493 e. The lowest BCUT2D eigenvalue weighted by Gasteiger charge is -2.10. The quantitative estimate of drug-likeness (QED) is 0.504. The summed E-state index contributed by atoms with van der Waals surface area (Å²) in [5.41, 5.74) is 2.27. The molecule has 2 aromatic carbocycles. The number of nitrogens with zero attached hydrogens (tertiary/aromatic N) is 2. The number of methoxy groups -OCH3 is 2. The first-order chi connectivity index (χ1) is 14.6. The molecule has 0 bridgehead atoms. The molecule has 4 rings (SSSR count). The van der Waals surface area contributed by atoms with Crippen molar-refractivity contribution in [2.75, 3.05) is 19.5 Å². The van der Waals surface area contributed by atoms with Crippen molar-refractivity contribution < 1.29 is 18.7 Å². The highest BCUT2D eigenvalue weighted by molar-refractivity contribution is 6.08. The number of benzene rings is 2. The SMILES string of the molecule is COc1ccc(NC(=O)c2cn(-c3ccccc3)nc2-c2ccc(C)o2)cc1OC. The van der Waals surface area contributed by atoms with Gasteiger partial charge in [-0.25, -0.2) is 4.68 Å². The van der Waals surface area contributed by atoms with Gasteiger partial charge in [0.2, 0.25) is 0 Å². The Labute approximate surface area is 173 Å². The van der Waals surface area contributed by atoms with Gasteiger partial charge in [-0.1, -0.05) is 18.2 Å². The second-order valence-corrected chi connectivity index (χ2v) is 6.61. The molecule has 0 saturated heterocycles. The molecule has 0 aliphatic carbocycles. The minimum atomic E-state index is -0.312. The predicted molar refractivity (Wildman–Crippen MR) is 114 cm³/mol. The number of rotatable bonds is 6. The molecule has 0 aliphatic rings. The number of amides is 1. The molecule has 0 radical (unpaired) electrons. The van der Waals surface area contributed by atoms with Crippen LogP contribution in [0.5, 0.6) is 11.5 Å². The minimum Gasteiger partial charge on any atom is -0.493 e. The Morgan fingerprint density at radius 1 is 1.00 bits per heavy atom. The molecular weight excluding hydrogens is 382 g/mol. The second kappa shape index (κ2) is 8.16. The highest BCUT2D eigenvalue weighted by Crippen LogP contribution is 2.31. The van der Waals surface area contributed by atoms with Crippen molar-refractivity contribution in [2.45, 2.75) is 6.92 Å². The second-order valence-electron chi connectivity index (χ2n) is 6.61. The summed E-state index contributed by atoms with van der Waals surface area (Å²) in [4.78, 5) is 13.1. The monoisotopic (exact) mass is 403 g/mol. The van der Waals surface area contributed by atoms with Crippen LogP contribution in [0.3, 0.4) is 0 Å². The van der Waals surface area contributed by atoms with Crippen LogP contribution in [0.15, 0.2) is 71.3 Å². The van der Waals surface area contributed by atoms with Gasteiger partial charge in [-0.3, -0.25) is 4.79 Å². The molecule has 0 spiro atoms. The first-order valence-electron chi connectivity index (χ1n) is 9.34. The lowest BCUT2D eigenvalue weighted by molar-refractivity contribution is 0.102. The Morgan fingerprint density at radius 3 is 2.43 bits per heavy atom. The van der Waals surface area contributed by atoms with Crippen LogP contribution in [0.25, 0.3) is 17.1 Å². The zero-order chi connectivity index (χ0) is 21.1. The third-order valence-corrected chi connectivity index (χ3v) is 4.59. The molecule has 2 heterocycles. The number of nitrogens with one attached hydrogen (secondary N) is 1. The number of ether oxygens (including phenoxy) is 2. The maximum absolute atomic E-state index is 13.1. The van der Waals surface area contributed by atoms with E-state index in [1.807, 2.05) is 43.3 Å². The summed E-state index contributed by atoms with van der Waals surface area (Å²) in [6.07, 6.45) is 1.69. The number of carbonyl (C=O) groups is 1. The molecule has 4 aromatic rings. The fourth-order valence-corrected chi connectivity index (χ4v) is 3.11. The fourth-order valence-electron chi connectivity index (χ4n) is 3.11. The summed E-state index contributed by atoms with van der Waals surface area (Å²) in [7, 11) is 3.11. The van der Waals surface area contributed by atoms with Crippen LogP contribution in [0.4, 0.5) is 5.69 Å². The van der Waals surface area contributed by atoms with Gasteiger partial charge in [0.05, 0.1) is 25.5 Å². The van der Waals surface area contributed by atoms with E-state index < -0.39 is 0 Å². The first kappa shape index (κ1) is 19.3.